The molecule has 1 aromatic heterocycles. The third-order valence-electron chi connectivity index (χ3n) is 5.83. The van der Waals surface area contributed by atoms with Crippen molar-refractivity contribution < 1.29 is 14.3 Å². The molecule has 1 fully saturated rings. The molecule has 2 heterocycles. The molecule has 6 heteroatoms. The first-order valence-corrected chi connectivity index (χ1v) is 11.1. The summed E-state index contributed by atoms with van der Waals surface area (Å²) in [6.45, 7) is 5.90. The van der Waals surface area contributed by atoms with Gasteiger partial charge in [-0.3, -0.25) is 9.69 Å². The highest BCUT2D eigenvalue weighted by molar-refractivity contribution is 7.10. The van der Waals surface area contributed by atoms with Gasteiger partial charge in [-0.1, -0.05) is 6.07 Å². The minimum absolute atomic E-state index is 0.145. The van der Waals surface area contributed by atoms with Crippen molar-refractivity contribution >= 4 is 17.2 Å². The van der Waals surface area contributed by atoms with Gasteiger partial charge in [0, 0.05) is 30.9 Å². The van der Waals surface area contributed by atoms with Crippen molar-refractivity contribution in [3.8, 4) is 11.5 Å². The maximum Gasteiger partial charge on any atom is 0.225 e. The summed E-state index contributed by atoms with van der Waals surface area (Å²) in [6.07, 6.45) is 2.70. The fourth-order valence-corrected chi connectivity index (χ4v) is 4.81. The van der Waals surface area contributed by atoms with Gasteiger partial charge in [-0.15, -0.1) is 11.3 Å². The second-order valence-electron chi connectivity index (χ2n) is 7.78. The summed E-state index contributed by atoms with van der Waals surface area (Å²) in [7, 11) is 5.20. The molecule has 0 radical (unpaired) electrons. The number of rotatable bonds is 8. The van der Waals surface area contributed by atoms with E-state index in [0.29, 0.717) is 6.54 Å². The number of benzene rings is 1. The van der Waals surface area contributed by atoms with Crippen molar-refractivity contribution in [1.29, 1.82) is 0 Å². The van der Waals surface area contributed by atoms with E-state index in [1.807, 2.05) is 41.5 Å². The van der Waals surface area contributed by atoms with Crippen LogP contribution in [0.2, 0.25) is 0 Å². The quantitative estimate of drug-likeness (QED) is 0.653. The Bertz CT molecular complexity index is 812. The zero-order chi connectivity index (χ0) is 20.8. The molecule has 0 saturated carbocycles. The standard InChI is InChI=1S/C23H32N2O3S/c1-17-10-14-29-22(17)16-25-12-8-19(9-13-25)23(26)24(2)11-7-18-5-6-20(27-3)21(15-18)28-4/h5-6,10,14-15,19H,7-9,11-13,16H2,1-4H3. The van der Waals surface area contributed by atoms with Crippen LogP contribution in [0.4, 0.5) is 0 Å². The maximum absolute atomic E-state index is 12.9. The van der Waals surface area contributed by atoms with Crippen LogP contribution in [0.3, 0.4) is 0 Å². The Morgan fingerprint density at radius 2 is 1.90 bits per heavy atom. The van der Waals surface area contributed by atoms with Crippen molar-refractivity contribution in [3.05, 3.63) is 45.6 Å². The van der Waals surface area contributed by atoms with Gasteiger partial charge in [-0.25, -0.2) is 0 Å². The van der Waals surface area contributed by atoms with Gasteiger partial charge in [0.1, 0.15) is 0 Å². The number of carbonyl (C=O) groups excluding carboxylic acids is 1. The summed E-state index contributed by atoms with van der Waals surface area (Å²) in [6, 6.07) is 8.12. The minimum Gasteiger partial charge on any atom is -0.493 e. The molecule has 0 N–H and O–H groups in total. The Morgan fingerprint density at radius 3 is 2.52 bits per heavy atom. The molecule has 3 rings (SSSR count). The molecule has 1 aliphatic rings. The summed E-state index contributed by atoms with van der Waals surface area (Å²) < 4.78 is 10.7. The van der Waals surface area contributed by atoms with Crippen LogP contribution in [0.15, 0.2) is 29.6 Å². The van der Waals surface area contributed by atoms with E-state index in [1.165, 1.54) is 10.4 Å². The number of carbonyl (C=O) groups is 1. The number of amides is 1. The van der Waals surface area contributed by atoms with Gasteiger partial charge < -0.3 is 14.4 Å². The van der Waals surface area contributed by atoms with Gasteiger partial charge in [0.25, 0.3) is 0 Å². The third-order valence-corrected chi connectivity index (χ3v) is 6.84. The van der Waals surface area contributed by atoms with Crippen molar-refractivity contribution in [3.63, 3.8) is 0 Å². The van der Waals surface area contributed by atoms with Crippen molar-refractivity contribution in [1.82, 2.24) is 9.80 Å². The van der Waals surface area contributed by atoms with Crippen LogP contribution in [0.5, 0.6) is 11.5 Å². The smallest absolute Gasteiger partial charge is 0.225 e. The summed E-state index contributed by atoms with van der Waals surface area (Å²) in [5, 5.41) is 2.16. The van der Waals surface area contributed by atoms with Crippen LogP contribution >= 0.6 is 11.3 Å². The Hall–Kier alpha value is -2.05. The number of likely N-dealkylation sites (N-methyl/N-ethyl adjacent to an activating group) is 1. The molecule has 0 atom stereocenters. The first kappa shape index (κ1) is 21.7. The Morgan fingerprint density at radius 1 is 1.17 bits per heavy atom. The summed E-state index contributed by atoms with van der Waals surface area (Å²) >= 11 is 1.83. The SMILES string of the molecule is COc1ccc(CCN(C)C(=O)C2CCN(Cc3sccc3C)CC2)cc1OC. The average Bonchev–Trinajstić information content (AvgIpc) is 3.16. The molecule has 158 valence electrons. The van der Waals surface area contributed by atoms with E-state index in [-0.39, 0.29) is 11.8 Å². The number of methoxy groups -OCH3 is 2. The second kappa shape index (κ2) is 10.1. The molecular formula is C23H32N2O3S. The second-order valence-corrected chi connectivity index (χ2v) is 8.78. The summed E-state index contributed by atoms with van der Waals surface area (Å²) in [5.74, 6) is 1.88. The third kappa shape index (κ3) is 5.52. The highest BCUT2D eigenvalue weighted by Crippen LogP contribution is 2.28. The predicted molar refractivity (Wildman–Crippen MR) is 118 cm³/mol. The van der Waals surface area contributed by atoms with Gasteiger partial charge in [0.2, 0.25) is 5.91 Å². The molecule has 0 unspecified atom stereocenters. The van der Waals surface area contributed by atoms with Gasteiger partial charge in [0.15, 0.2) is 11.5 Å². The van der Waals surface area contributed by atoms with E-state index < -0.39 is 0 Å². The fourth-order valence-electron chi connectivity index (χ4n) is 3.86. The minimum atomic E-state index is 0.145. The number of aryl methyl sites for hydroxylation is 1. The number of thiophene rings is 1. The maximum atomic E-state index is 12.9. The normalized spacial score (nSPS) is 15.3. The average molecular weight is 417 g/mol. The first-order valence-electron chi connectivity index (χ1n) is 10.2. The molecule has 29 heavy (non-hydrogen) atoms. The topological polar surface area (TPSA) is 42.0 Å². The van der Waals surface area contributed by atoms with Crippen LogP contribution in [0, 0.1) is 12.8 Å². The molecule has 0 spiro atoms. The lowest BCUT2D eigenvalue weighted by Gasteiger charge is -2.33. The van der Waals surface area contributed by atoms with Gasteiger partial charge in [-0.05, 0) is 74.0 Å². The Kier molecular flexibility index (Phi) is 7.56. The van der Waals surface area contributed by atoms with Crippen LogP contribution in [0.25, 0.3) is 0 Å². The van der Waals surface area contributed by atoms with E-state index in [4.69, 9.17) is 9.47 Å². The zero-order valence-electron chi connectivity index (χ0n) is 17.9. The molecule has 0 bridgehead atoms. The lowest BCUT2D eigenvalue weighted by molar-refractivity contribution is -0.135. The number of ether oxygens (including phenoxy) is 2. The van der Waals surface area contributed by atoms with Gasteiger partial charge in [0.05, 0.1) is 14.2 Å². The molecule has 1 aliphatic heterocycles. The molecule has 5 nitrogen and oxygen atoms in total. The van der Waals surface area contributed by atoms with E-state index in [1.54, 1.807) is 14.2 Å². The number of nitrogens with zero attached hydrogens (tertiary/aromatic N) is 2. The van der Waals surface area contributed by atoms with Crippen molar-refractivity contribution in [2.45, 2.75) is 32.7 Å². The highest BCUT2D eigenvalue weighted by atomic mass is 32.1. The molecule has 1 saturated heterocycles. The van der Waals surface area contributed by atoms with E-state index >= 15 is 0 Å². The number of hydrogen-bond donors (Lipinski definition) is 0. The number of likely N-dealkylation sites (tertiary alicyclic amines) is 1. The Balaban J connectivity index is 1.46. The van der Waals surface area contributed by atoms with Gasteiger partial charge >= 0.3 is 0 Å². The highest BCUT2D eigenvalue weighted by Gasteiger charge is 2.27. The summed E-state index contributed by atoms with van der Waals surface area (Å²) in [4.78, 5) is 18.7. The summed E-state index contributed by atoms with van der Waals surface area (Å²) in [5.41, 5.74) is 2.52. The van der Waals surface area contributed by atoms with Crippen LogP contribution in [-0.4, -0.2) is 56.6 Å². The number of piperidine rings is 1. The van der Waals surface area contributed by atoms with E-state index in [0.717, 1.165) is 56.0 Å². The van der Waals surface area contributed by atoms with E-state index in [2.05, 4.69) is 23.3 Å². The number of hydrogen-bond acceptors (Lipinski definition) is 5. The Labute approximate surface area is 178 Å². The monoisotopic (exact) mass is 416 g/mol. The molecule has 1 aromatic carbocycles. The molecule has 1 amide bonds. The fraction of sp³-hybridized carbons (Fsp3) is 0.522. The van der Waals surface area contributed by atoms with Crippen molar-refractivity contribution in [2.24, 2.45) is 5.92 Å². The van der Waals surface area contributed by atoms with Crippen LogP contribution < -0.4 is 9.47 Å². The lowest BCUT2D eigenvalue weighted by atomic mass is 9.95. The van der Waals surface area contributed by atoms with Crippen LogP contribution in [-0.2, 0) is 17.8 Å². The lowest BCUT2D eigenvalue weighted by Crippen LogP contribution is -2.41. The van der Waals surface area contributed by atoms with Crippen LogP contribution in [0.1, 0.15) is 28.8 Å². The zero-order valence-corrected chi connectivity index (χ0v) is 18.8. The predicted octanol–water partition coefficient (Wildman–Crippen LogP) is 3.99. The first-order chi connectivity index (χ1) is 14.0. The van der Waals surface area contributed by atoms with Gasteiger partial charge in [-0.2, -0.15) is 0 Å². The molecular weight excluding hydrogens is 384 g/mol. The molecule has 2 aromatic rings. The largest absolute Gasteiger partial charge is 0.493 e. The van der Waals surface area contributed by atoms with Crippen molar-refractivity contribution in [2.75, 3.05) is 40.9 Å². The van der Waals surface area contributed by atoms with E-state index in [9.17, 15) is 4.79 Å². The molecule has 0 aliphatic carbocycles.